The van der Waals surface area contributed by atoms with E-state index < -0.39 is 0 Å². The van der Waals surface area contributed by atoms with E-state index in [-0.39, 0.29) is 24.3 Å². The predicted molar refractivity (Wildman–Crippen MR) is 86.5 cm³/mol. The van der Waals surface area contributed by atoms with E-state index in [1.54, 1.807) is 0 Å². The molecular formula is C16H30N4O2. The van der Waals surface area contributed by atoms with Gasteiger partial charge in [0.1, 0.15) is 0 Å². The molecule has 126 valence electrons. The van der Waals surface area contributed by atoms with E-state index in [0.29, 0.717) is 19.0 Å². The monoisotopic (exact) mass is 310 g/mol. The van der Waals surface area contributed by atoms with Gasteiger partial charge in [0.05, 0.1) is 12.5 Å². The van der Waals surface area contributed by atoms with Gasteiger partial charge in [-0.1, -0.05) is 13.8 Å². The molecule has 0 aliphatic carbocycles. The third kappa shape index (κ3) is 5.25. The molecule has 2 heterocycles. The second kappa shape index (κ2) is 8.48. The summed E-state index contributed by atoms with van der Waals surface area (Å²) < 4.78 is 0. The Morgan fingerprint density at radius 2 is 2.05 bits per heavy atom. The van der Waals surface area contributed by atoms with Gasteiger partial charge in [-0.05, 0) is 31.8 Å². The number of nitrogens with zero attached hydrogens (tertiary/aromatic N) is 2. The fraction of sp³-hybridized carbons (Fsp3) is 0.875. The standard InChI is InChI=1S/C16H30N4O2/c1-13(2)12-20-10-6-18-16(22)14(20)11-15(21)17-5-9-19-7-3-4-8-19/h13-14H,3-12H2,1-2H3,(H,17,21)(H,18,22)/t14-/m1/s1. The lowest BCUT2D eigenvalue weighted by Gasteiger charge is -2.35. The van der Waals surface area contributed by atoms with Crippen LogP contribution < -0.4 is 10.6 Å². The Morgan fingerprint density at radius 1 is 1.32 bits per heavy atom. The van der Waals surface area contributed by atoms with E-state index in [1.165, 1.54) is 12.8 Å². The number of rotatable bonds is 7. The Morgan fingerprint density at radius 3 is 2.73 bits per heavy atom. The van der Waals surface area contributed by atoms with Gasteiger partial charge >= 0.3 is 0 Å². The van der Waals surface area contributed by atoms with Crippen molar-refractivity contribution in [2.45, 2.75) is 39.2 Å². The highest BCUT2D eigenvalue weighted by atomic mass is 16.2. The van der Waals surface area contributed by atoms with E-state index in [1.807, 2.05) is 0 Å². The van der Waals surface area contributed by atoms with Gasteiger partial charge in [-0.3, -0.25) is 14.5 Å². The normalized spacial score (nSPS) is 23.8. The maximum Gasteiger partial charge on any atom is 0.237 e. The molecule has 2 amide bonds. The molecule has 2 fully saturated rings. The molecule has 0 aromatic carbocycles. The second-order valence-corrected chi connectivity index (χ2v) is 6.80. The van der Waals surface area contributed by atoms with Crippen molar-refractivity contribution in [3.8, 4) is 0 Å². The molecule has 2 aliphatic rings. The first-order valence-corrected chi connectivity index (χ1v) is 8.57. The molecule has 6 heteroatoms. The minimum absolute atomic E-state index is 0.0124. The number of hydrogen-bond donors (Lipinski definition) is 2. The number of likely N-dealkylation sites (tertiary alicyclic amines) is 1. The minimum atomic E-state index is -0.317. The summed E-state index contributed by atoms with van der Waals surface area (Å²) in [5, 5.41) is 5.84. The van der Waals surface area contributed by atoms with Crippen LogP contribution in [0.3, 0.4) is 0 Å². The van der Waals surface area contributed by atoms with Crippen LogP contribution in [0.5, 0.6) is 0 Å². The largest absolute Gasteiger partial charge is 0.355 e. The van der Waals surface area contributed by atoms with E-state index in [2.05, 4.69) is 34.3 Å². The van der Waals surface area contributed by atoms with Crippen LogP contribution in [0, 0.1) is 5.92 Å². The number of carbonyl (C=O) groups excluding carboxylic acids is 2. The Kier molecular flexibility index (Phi) is 6.64. The van der Waals surface area contributed by atoms with Gasteiger partial charge in [0.2, 0.25) is 11.8 Å². The molecule has 2 saturated heterocycles. The lowest BCUT2D eigenvalue weighted by atomic mass is 10.1. The highest BCUT2D eigenvalue weighted by Crippen LogP contribution is 2.11. The Hall–Kier alpha value is -1.14. The second-order valence-electron chi connectivity index (χ2n) is 6.80. The zero-order chi connectivity index (χ0) is 15.9. The summed E-state index contributed by atoms with van der Waals surface area (Å²) in [7, 11) is 0. The summed E-state index contributed by atoms with van der Waals surface area (Å²) in [5.74, 6) is 0.461. The highest BCUT2D eigenvalue weighted by Gasteiger charge is 2.31. The van der Waals surface area contributed by atoms with Crippen LogP contribution >= 0.6 is 0 Å². The summed E-state index contributed by atoms with van der Waals surface area (Å²) in [6.45, 7) is 10.5. The van der Waals surface area contributed by atoms with Gasteiger partial charge in [-0.15, -0.1) is 0 Å². The first-order valence-electron chi connectivity index (χ1n) is 8.57. The van der Waals surface area contributed by atoms with Crippen molar-refractivity contribution >= 4 is 11.8 Å². The first-order chi connectivity index (χ1) is 10.6. The zero-order valence-electron chi connectivity index (χ0n) is 13.9. The van der Waals surface area contributed by atoms with Crippen LogP contribution in [0.15, 0.2) is 0 Å². The van der Waals surface area contributed by atoms with Crippen LogP contribution in [-0.4, -0.2) is 73.5 Å². The van der Waals surface area contributed by atoms with Crippen molar-refractivity contribution in [3.05, 3.63) is 0 Å². The third-order valence-electron chi connectivity index (χ3n) is 4.37. The van der Waals surface area contributed by atoms with E-state index >= 15 is 0 Å². The van der Waals surface area contributed by atoms with Crippen molar-refractivity contribution < 1.29 is 9.59 Å². The van der Waals surface area contributed by atoms with Gasteiger partial charge in [0.15, 0.2) is 0 Å². The van der Waals surface area contributed by atoms with Crippen molar-refractivity contribution in [3.63, 3.8) is 0 Å². The summed E-state index contributed by atoms with van der Waals surface area (Å²) in [4.78, 5) is 28.7. The minimum Gasteiger partial charge on any atom is -0.355 e. The molecule has 0 aromatic heterocycles. The quantitative estimate of drug-likeness (QED) is 0.697. The molecule has 2 N–H and O–H groups in total. The third-order valence-corrected chi connectivity index (χ3v) is 4.37. The molecule has 2 rings (SSSR count). The van der Waals surface area contributed by atoms with Crippen LogP contribution in [0.25, 0.3) is 0 Å². The SMILES string of the molecule is CC(C)CN1CCNC(=O)[C@H]1CC(=O)NCCN1CCCC1. The lowest BCUT2D eigenvalue weighted by Crippen LogP contribution is -2.57. The van der Waals surface area contributed by atoms with E-state index in [9.17, 15) is 9.59 Å². The van der Waals surface area contributed by atoms with Crippen LogP contribution in [0.4, 0.5) is 0 Å². The maximum absolute atomic E-state index is 12.1. The van der Waals surface area contributed by atoms with Crippen LogP contribution in [-0.2, 0) is 9.59 Å². The topological polar surface area (TPSA) is 64.7 Å². The number of nitrogens with one attached hydrogen (secondary N) is 2. The smallest absolute Gasteiger partial charge is 0.237 e. The van der Waals surface area contributed by atoms with Gasteiger partial charge in [0, 0.05) is 32.7 Å². The molecule has 0 radical (unpaired) electrons. The zero-order valence-corrected chi connectivity index (χ0v) is 13.9. The van der Waals surface area contributed by atoms with Crippen molar-refractivity contribution in [2.24, 2.45) is 5.92 Å². The lowest BCUT2D eigenvalue weighted by molar-refractivity contribution is -0.134. The van der Waals surface area contributed by atoms with Crippen molar-refractivity contribution in [2.75, 3.05) is 45.8 Å². The van der Waals surface area contributed by atoms with Crippen LogP contribution in [0.2, 0.25) is 0 Å². The summed E-state index contributed by atoms with van der Waals surface area (Å²) in [6, 6.07) is -0.317. The molecular weight excluding hydrogens is 280 g/mol. The molecule has 0 unspecified atom stereocenters. The summed E-state index contributed by atoms with van der Waals surface area (Å²) in [6.07, 6.45) is 2.79. The van der Waals surface area contributed by atoms with Crippen molar-refractivity contribution in [1.29, 1.82) is 0 Å². The molecule has 6 nitrogen and oxygen atoms in total. The van der Waals surface area contributed by atoms with Gasteiger partial charge in [-0.25, -0.2) is 0 Å². The van der Waals surface area contributed by atoms with E-state index in [0.717, 1.165) is 32.7 Å². The molecule has 0 aromatic rings. The molecule has 0 spiro atoms. The Balaban J connectivity index is 1.75. The summed E-state index contributed by atoms with van der Waals surface area (Å²) in [5.41, 5.74) is 0. The number of amides is 2. The molecule has 22 heavy (non-hydrogen) atoms. The highest BCUT2D eigenvalue weighted by molar-refractivity contribution is 5.88. The fourth-order valence-corrected chi connectivity index (χ4v) is 3.28. The maximum atomic E-state index is 12.1. The number of piperazine rings is 1. The van der Waals surface area contributed by atoms with E-state index in [4.69, 9.17) is 0 Å². The molecule has 2 aliphatic heterocycles. The van der Waals surface area contributed by atoms with Gasteiger partial charge < -0.3 is 15.5 Å². The Labute approximate surface area is 133 Å². The number of carbonyl (C=O) groups is 2. The first kappa shape index (κ1) is 17.2. The Bertz CT molecular complexity index is 380. The summed E-state index contributed by atoms with van der Waals surface area (Å²) >= 11 is 0. The number of hydrogen-bond acceptors (Lipinski definition) is 4. The van der Waals surface area contributed by atoms with Gasteiger partial charge in [-0.2, -0.15) is 0 Å². The molecule has 0 saturated carbocycles. The van der Waals surface area contributed by atoms with Gasteiger partial charge in [0.25, 0.3) is 0 Å². The average molecular weight is 310 g/mol. The molecule has 1 atom stereocenters. The average Bonchev–Trinajstić information content (AvgIpc) is 2.95. The van der Waals surface area contributed by atoms with Crippen LogP contribution in [0.1, 0.15) is 33.1 Å². The predicted octanol–water partition coefficient (Wildman–Crippen LogP) is 0.0449. The molecule has 0 bridgehead atoms. The fourth-order valence-electron chi connectivity index (χ4n) is 3.28. The van der Waals surface area contributed by atoms with Crippen molar-refractivity contribution in [1.82, 2.24) is 20.4 Å².